The third-order valence-corrected chi connectivity index (χ3v) is 5.07. The normalized spacial score (nSPS) is 18.1. The molecule has 1 aromatic carbocycles. The second-order valence-electron chi connectivity index (χ2n) is 6.79. The van der Waals surface area contributed by atoms with Gasteiger partial charge >= 0.3 is 0 Å². The number of hydrogen-bond donors (Lipinski definition) is 1. The summed E-state index contributed by atoms with van der Waals surface area (Å²) in [5, 5.41) is 2.93. The maximum atomic E-state index is 12.6. The van der Waals surface area contributed by atoms with E-state index in [0.717, 1.165) is 49.1 Å². The van der Waals surface area contributed by atoms with E-state index in [0.29, 0.717) is 24.6 Å². The fourth-order valence-corrected chi connectivity index (χ4v) is 3.64. The second-order valence-corrected chi connectivity index (χ2v) is 6.79. The van der Waals surface area contributed by atoms with E-state index in [4.69, 9.17) is 9.73 Å². The Labute approximate surface area is 162 Å². The number of benzene rings is 1. The summed E-state index contributed by atoms with van der Waals surface area (Å²) in [6.45, 7) is 4.56. The molecular formula is C20H20N6O2. The van der Waals surface area contributed by atoms with Gasteiger partial charge in [-0.2, -0.15) is 0 Å². The Bertz CT molecular complexity index is 966. The molecule has 3 aliphatic rings. The molecule has 5 rings (SSSR count). The van der Waals surface area contributed by atoms with Gasteiger partial charge in [-0.15, -0.1) is 0 Å². The van der Waals surface area contributed by atoms with E-state index < -0.39 is 0 Å². The first-order chi connectivity index (χ1) is 13.8. The molecule has 1 fully saturated rings. The minimum Gasteiger partial charge on any atom is -0.378 e. The SMILES string of the molecule is O=C(NC1=Nc2cc(N3CCOCC3)ccc2C2=NCCN12)c1cccnc1. The van der Waals surface area contributed by atoms with Crippen molar-refractivity contribution in [3.05, 3.63) is 53.9 Å². The van der Waals surface area contributed by atoms with Gasteiger partial charge in [0.15, 0.2) is 0 Å². The molecule has 0 unspecified atom stereocenters. The largest absolute Gasteiger partial charge is 0.378 e. The monoisotopic (exact) mass is 376 g/mol. The van der Waals surface area contributed by atoms with Crippen molar-refractivity contribution in [2.24, 2.45) is 9.98 Å². The molecule has 8 heteroatoms. The molecule has 142 valence electrons. The van der Waals surface area contributed by atoms with Crippen LogP contribution in [0.25, 0.3) is 0 Å². The topological polar surface area (TPSA) is 82.4 Å². The predicted molar refractivity (Wildman–Crippen MR) is 106 cm³/mol. The summed E-state index contributed by atoms with van der Waals surface area (Å²) in [5.74, 6) is 1.14. The number of carbonyl (C=O) groups excluding carboxylic acids is 1. The van der Waals surface area contributed by atoms with Crippen molar-refractivity contribution in [2.45, 2.75) is 0 Å². The van der Waals surface area contributed by atoms with E-state index in [9.17, 15) is 4.79 Å². The van der Waals surface area contributed by atoms with Crippen LogP contribution in [0.15, 0.2) is 52.7 Å². The van der Waals surface area contributed by atoms with Crippen molar-refractivity contribution in [1.82, 2.24) is 15.2 Å². The average molecular weight is 376 g/mol. The highest BCUT2D eigenvalue weighted by molar-refractivity contribution is 6.19. The first-order valence-corrected chi connectivity index (χ1v) is 9.39. The molecule has 0 radical (unpaired) electrons. The smallest absolute Gasteiger partial charge is 0.259 e. The van der Waals surface area contributed by atoms with E-state index in [-0.39, 0.29) is 5.91 Å². The zero-order valence-corrected chi connectivity index (χ0v) is 15.3. The number of guanidine groups is 1. The van der Waals surface area contributed by atoms with Gasteiger partial charge in [0.2, 0.25) is 5.96 Å². The molecule has 4 heterocycles. The third kappa shape index (κ3) is 3.01. The van der Waals surface area contributed by atoms with Crippen LogP contribution >= 0.6 is 0 Å². The molecule has 28 heavy (non-hydrogen) atoms. The van der Waals surface area contributed by atoms with E-state index in [2.05, 4.69) is 38.4 Å². The molecule has 0 saturated carbocycles. The fraction of sp³-hybridized carbons (Fsp3) is 0.300. The van der Waals surface area contributed by atoms with Gasteiger partial charge in [-0.3, -0.25) is 25.0 Å². The van der Waals surface area contributed by atoms with E-state index in [1.165, 1.54) is 0 Å². The van der Waals surface area contributed by atoms with Gasteiger partial charge in [0.25, 0.3) is 5.91 Å². The standard InChI is InChI=1S/C20H20N6O2/c27-19(14-2-1-5-21-13-14)24-20-23-17-12-15(25-8-10-28-11-9-25)3-4-16(17)18-22-6-7-26(18)20/h1-5,12-13H,6-11H2,(H,23,24,27). The zero-order valence-electron chi connectivity index (χ0n) is 15.3. The summed E-state index contributed by atoms with van der Waals surface area (Å²) < 4.78 is 5.45. The highest BCUT2D eigenvalue weighted by Crippen LogP contribution is 2.32. The lowest BCUT2D eigenvalue weighted by atomic mass is 10.1. The molecule has 2 aromatic rings. The number of nitrogens with zero attached hydrogens (tertiary/aromatic N) is 5. The van der Waals surface area contributed by atoms with Crippen LogP contribution in [0, 0.1) is 0 Å². The Hall–Kier alpha value is -3.26. The number of ether oxygens (including phenoxy) is 1. The fourth-order valence-electron chi connectivity index (χ4n) is 3.64. The summed E-state index contributed by atoms with van der Waals surface area (Å²) in [7, 11) is 0. The number of nitrogens with one attached hydrogen (secondary N) is 1. The Morgan fingerprint density at radius 2 is 2.04 bits per heavy atom. The summed E-state index contributed by atoms with van der Waals surface area (Å²) >= 11 is 0. The van der Waals surface area contributed by atoms with E-state index in [1.54, 1.807) is 24.5 Å². The van der Waals surface area contributed by atoms with Gasteiger partial charge in [0, 0.05) is 43.3 Å². The first kappa shape index (κ1) is 16.9. The zero-order chi connectivity index (χ0) is 18.9. The van der Waals surface area contributed by atoms with Gasteiger partial charge in [0.05, 0.1) is 31.0 Å². The van der Waals surface area contributed by atoms with Gasteiger partial charge in [-0.25, -0.2) is 4.99 Å². The molecule has 0 atom stereocenters. The van der Waals surface area contributed by atoms with Crippen LogP contribution in [0.4, 0.5) is 11.4 Å². The summed E-state index contributed by atoms with van der Waals surface area (Å²) in [4.78, 5) is 30.3. The lowest BCUT2D eigenvalue weighted by Gasteiger charge is -2.31. The van der Waals surface area contributed by atoms with E-state index >= 15 is 0 Å². The first-order valence-electron chi connectivity index (χ1n) is 9.39. The van der Waals surface area contributed by atoms with Gasteiger partial charge < -0.3 is 9.64 Å². The molecule has 8 nitrogen and oxygen atoms in total. The summed E-state index contributed by atoms with van der Waals surface area (Å²) in [6.07, 6.45) is 3.19. The number of amides is 1. The highest BCUT2D eigenvalue weighted by atomic mass is 16.5. The Morgan fingerprint density at radius 1 is 1.14 bits per heavy atom. The molecule has 1 amide bonds. The van der Waals surface area contributed by atoms with Crippen molar-refractivity contribution in [3.8, 4) is 0 Å². The number of aliphatic imine (C=N–C) groups is 2. The van der Waals surface area contributed by atoms with Crippen LogP contribution in [0.5, 0.6) is 0 Å². The lowest BCUT2D eigenvalue weighted by molar-refractivity contribution is 0.0973. The van der Waals surface area contributed by atoms with Crippen LogP contribution in [-0.2, 0) is 4.74 Å². The Morgan fingerprint density at radius 3 is 2.86 bits per heavy atom. The van der Waals surface area contributed by atoms with Crippen molar-refractivity contribution in [1.29, 1.82) is 0 Å². The van der Waals surface area contributed by atoms with Gasteiger partial charge in [0.1, 0.15) is 5.84 Å². The van der Waals surface area contributed by atoms with Crippen LogP contribution in [0.2, 0.25) is 0 Å². The van der Waals surface area contributed by atoms with Crippen LogP contribution < -0.4 is 10.2 Å². The molecule has 1 saturated heterocycles. The van der Waals surface area contributed by atoms with Gasteiger partial charge in [-0.1, -0.05) is 0 Å². The predicted octanol–water partition coefficient (Wildman–Crippen LogP) is 1.41. The maximum Gasteiger partial charge on any atom is 0.259 e. The Balaban J connectivity index is 1.48. The number of anilines is 1. The lowest BCUT2D eigenvalue weighted by Crippen LogP contribution is -2.47. The number of hydrogen-bond acceptors (Lipinski definition) is 7. The minimum atomic E-state index is -0.231. The van der Waals surface area contributed by atoms with Crippen molar-refractivity contribution >= 4 is 29.1 Å². The maximum absolute atomic E-state index is 12.6. The number of fused-ring (bicyclic) bond motifs is 3. The highest BCUT2D eigenvalue weighted by Gasteiger charge is 2.31. The number of carbonyl (C=O) groups is 1. The minimum absolute atomic E-state index is 0.231. The second kappa shape index (κ2) is 7.05. The molecule has 3 aliphatic heterocycles. The molecule has 0 aliphatic carbocycles. The van der Waals surface area contributed by atoms with E-state index in [1.807, 2.05) is 4.90 Å². The van der Waals surface area contributed by atoms with Crippen LogP contribution in [0.3, 0.4) is 0 Å². The number of morpholine rings is 1. The molecule has 1 aromatic heterocycles. The number of rotatable bonds is 2. The molecule has 1 N–H and O–H groups in total. The molecule has 0 bridgehead atoms. The molecular weight excluding hydrogens is 356 g/mol. The summed E-state index contributed by atoms with van der Waals surface area (Å²) in [5.41, 5.74) is 3.42. The van der Waals surface area contributed by atoms with Crippen molar-refractivity contribution in [3.63, 3.8) is 0 Å². The van der Waals surface area contributed by atoms with Crippen molar-refractivity contribution < 1.29 is 9.53 Å². The number of aromatic nitrogens is 1. The van der Waals surface area contributed by atoms with Crippen LogP contribution in [0.1, 0.15) is 15.9 Å². The summed E-state index contributed by atoms with van der Waals surface area (Å²) in [6, 6.07) is 9.72. The van der Waals surface area contributed by atoms with Gasteiger partial charge in [-0.05, 0) is 30.3 Å². The quantitative estimate of drug-likeness (QED) is 0.857. The third-order valence-electron chi connectivity index (χ3n) is 5.07. The van der Waals surface area contributed by atoms with Crippen molar-refractivity contribution in [2.75, 3.05) is 44.3 Å². The number of amidine groups is 1. The Kier molecular flexibility index (Phi) is 4.25. The average Bonchev–Trinajstić information content (AvgIpc) is 3.25. The molecule has 0 spiro atoms. The number of pyridine rings is 1. The van der Waals surface area contributed by atoms with Crippen LogP contribution in [-0.4, -0.2) is 67.0 Å².